The molecule has 1 N–H and O–H groups in total. The summed E-state index contributed by atoms with van der Waals surface area (Å²) in [7, 11) is 2.93. The molecule has 1 aromatic carbocycles. The Hall–Kier alpha value is -1.62. The standard InChI is InChI=1S/C11H14FNO3/c1-13(11(15)7-14)6-8-3-4-10(16-2)9(12)5-8/h3-5,14H,6-7H2,1-2H3. The van der Waals surface area contributed by atoms with E-state index in [4.69, 9.17) is 9.84 Å². The molecule has 4 nitrogen and oxygen atoms in total. The maximum Gasteiger partial charge on any atom is 0.248 e. The number of amides is 1. The van der Waals surface area contributed by atoms with E-state index in [1.807, 2.05) is 0 Å². The largest absolute Gasteiger partial charge is 0.494 e. The second kappa shape index (κ2) is 5.46. The van der Waals surface area contributed by atoms with Gasteiger partial charge in [-0.3, -0.25) is 4.79 Å². The second-order valence-corrected chi connectivity index (χ2v) is 3.38. The average Bonchev–Trinajstić information content (AvgIpc) is 2.28. The van der Waals surface area contributed by atoms with Gasteiger partial charge >= 0.3 is 0 Å². The molecule has 16 heavy (non-hydrogen) atoms. The molecule has 0 atom stereocenters. The number of rotatable bonds is 4. The maximum absolute atomic E-state index is 13.3. The van der Waals surface area contributed by atoms with Crippen molar-refractivity contribution in [2.45, 2.75) is 6.54 Å². The fraction of sp³-hybridized carbons (Fsp3) is 0.364. The van der Waals surface area contributed by atoms with E-state index >= 15 is 0 Å². The Balaban J connectivity index is 2.75. The van der Waals surface area contributed by atoms with Crippen molar-refractivity contribution >= 4 is 5.91 Å². The fourth-order valence-electron chi connectivity index (χ4n) is 1.29. The number of likely N-dealkylation sites (N-methyl/N-ethyl adjacent to an activating group) is 1. The molecule has 0 heterocycles. The van der Waals surface area contributed by atoms with Crippen molar-refractivity contribution in [3.63, 3.8) is 0 Å². The van der Waals surface area contributed by atoms with Crippen molar-refractivity contribution < 1.29 is 19.0 Å². The molecule has 0 radical (unpaired) electrons. The molecule has 0 fully saturated rings. The summed E-state index contributed by atoms with van der Waals surface area (Å²) >= 11 is 0. The Morgan fingerprint density at radius 3 is 2.75 bits per heavy atom. The zero-order chi connectivity index (χ0) is 12.1. The normalized spacial score (nSPS) is 10.0. The molecule has 0 aliphatic rings. The summed E-state index contributed by atoms with van der Waals surface area (Å²) < 4.78 is 18.1. The summed E-state index contributed by atoms with van der Waals surface area (Å²) in [6.45, 7) is -0.296. The molecule has 0 saturated heterocycles. The van der Waals surface area contributed by atoms with Gasteiger partial charge in [-0.2, -0.15) is 0 Å². The molecule has 0 unspecified atom stereocenters. The summed E-state index contributed by atoms with van der Waals surface area (Å²) in [5.74, 6) is -0.707. The van der Waals surface area contributed by atoms with Gasteiger partial charge in [-0.15, -0.1) is 0 Å². The fourth-order valence-corrected chi connectivity index (χ4v) is 1.29. The van der Waals surface area contributed by atoms with Crippen LogP contribution >= 0.6 is 0 Å². The topological polar surface area (TPSA) is 49.8 Å². The van der Waals surface area contributed by atoms with E-state index < -0.39 is 18.3 Å². The van der Waals surface area contributed by atoms with E-state index in [-0.39, 0.29) is 12.3 Å². The van der Waals surface area contributed by atoms with Crippen molar-refractivity contribution in [1.29, 1.82) is 0 Å². The molecule has 0 bridgehead atoms. The maximum atomic E-state index is 13.3. The number of aliphatic hydroxyl groups is 1. The van der Waals surface area contributed by atoms with E-state index in [9.17, 15) is 9.18 Å². The quantitative estimate of drug-likeness (QED) is 0.827. The molecule has 0 spiro atoms. The van der Waals surface area contributed by atoms with Crippen LogP contribution in [-0.4, -0.2) is 36.7 Å². The number of hydrogen-bond donors (Lipinski definition) is 1. The highest BCUT2D eigenvalue weighted by atomic mass is 19.1. The average molecular weight is 227 g/mol. The first kappa shape index (κ1) is 12.4. The smallest absolute Gasteiger partial charge is 0.248 e. The number of carbonyl (C=O) groups excluding carboxylic acids is 1. The summed E-state index contributed by atoms with van der Waals surface area (Å²) in [4.78, 5) is 12.4. The lowest BCUT2D eigenvalue weighted by atomic mass is 10.2. The monoisotopic (exact) mass is 227 g/mol. The summed E-state index contributed by atoms with van der Waals surface area (Å²) in [6.07, 6.45) is 0. The zero-order valence-corrected chi connectivity index (χ0v) is 9.24. The first-order valence-corrected chi connectivity index (χ1v) is 4.75. The van der Waals surface area contributed by atoms with E-state index in [2.05, 4.69) is 0 Å². The molecular weight excluding hydrogens is 213 g/mol. The zero-order valence-electron chi connectivity index (χ0n) is 9.24. The van der Waals surface area contributed by atoms with Gasteiger partial charge in [0.2, 0.25) is 5.91 Å². The number of carbonyl (C=O) groups is 1. The number of nitrogens with zero attached hydrogens (tertiary/aromatic N) is 1. The highest BCUT2D eigenvalue weighted by Crippen LogP contribution is 2.18. The summed E-state index contributed by atoms with van der Waals surface area (Å²) in [6, 6.07) is 4.48. The Morgan fingerprint density at radius 1 is 1.56 bits per heavy atom. The van der Waals surface area contributed by atoms with Gasteiger partial charge in [0.15, 0.2) is 11.6 Å². The second-order valence-electron chi connectivity index (χ2n) is 3.38. The van der Waals surface area contributed by atoms with Gasteiger partial charge in [-0.25, -0.2) is 4.39 Å². The van der Waals surface area contributed by atoms with Gasteiger partial charge < -0.3 is 14.7 Å². The van der Waals surface area contributed by atoms with E-state index in [0.717, 1.165) is 0 Å². The van der Waals surface area contributed by atoms with Gasteiger partial charge in [0.25, 0.3) is 0 Å². The van der Waals surface area contributed by atoms with Gasteiger partial charge in [-0.1, -0.05) is 6.07 Å². The van der Waals surface area contributed by atoms with Crippen LogP contribution in [0.5, 0.6) is 5.75 Å². The Labute approximate surface area is 93.3 Å². The SMILES string of the molecule is COc1ccc(CN(C)C(=O)CO)cc1F. The molecule has 0 aliphatic carbocycles. The minimum Gasteiger partial charge on any atom is -0.494 e. The first-order valence-electron chi connectivity index (χ1n) is 4.75. The Kier molecular flexibility index (Phi) is 4.25. The van der Waals surface area contributed by atoms with Crippen molar-refractivity contribution in [1.82, 2.24) is 4.90 Å². The summed E-state index contributed by atoms with van der Waals surface area (Å²) in [5, 5.41) is 8.63. The highest BCUT2D eigenvalue weighted by Gasteiger charge is 2.09. The molecule has 88 valence electrons. The van der Waals surface area contributed by atoms with Crippen LogP contribution in [0.25, 0.3) is 0 Å². The first-order chi connectivity index (χ1) is 7.58. The van der Waals surface area contributed by atoms with E-state index in [1.54, 1.807) is 13.1 Å². The number of halogens is 1. The number of benzene rings is 1. The van der Waals surface area contributed by atoms with Crippen molar-refractivity contribution in [2.24, 2.45) is 0 Å². The molecule has 1 rings (SSSR count). The van der Waals surface area contributed by atoms with Crippen molar-refractivity contribution in [3.05, 3.63) is 29.6 Å². The Morgan fingerprint density at radius 2 is 2.25 bits per heavy atom. The third-order valence-corrected chi connectivity index (χ3v) is 2.20. The number of ether oxygens (including phenoxy) is 1. The predicted molar refractivity (Wildman–Crippen MR) is 56.5 cm³/mol. The number of methoxy groups -OCH3 is 1. The van der Waals surface area contributed by atoms with Crippen LogP contribution in [-0.2, 0) is 11.3 Å². The molecule has 5 heteroatoms. The Bertz CT molecular complexity index is 381. The van der Waals surface area contributed by atoms with Gasteiger partial charge in [0, 0.05) is 13.6 Å². The van der Waals surface area contributed by atoms with Crippen LogP contribution in [0.3, 0.4) is 0 Å². The lowest BCUT2D eigenvalue weighted by molar-refractivity contribution is -0.133. The number of aliphatic hydroxyl groups excluding tert-OH is 1. The molecule has 1 amide bonds. The molecule has 0 aromatic heterocycles. The van der Waals surface area contributed by atoms with Gasteiger partial charge in [0.05, 0.1) is 7.11 Å². The predicted octanol–water partition coefficient (Wildman–Crippen LogP) is 0.785. The van der Waals surface area contributed by atoms with Crippen LogP contribution in [0.4, 0.5) is 4.39 Å². The molecule has 0 aliphatic heterocycles. The minimum absolute atomic E-state index is 0.167. The molecular formula is C11H14FNO3. The van der Waals surface area contributed by atoms with Crippen molar-refractivity contribution in [2.75, 3.05) is 20.8 Å². The molecule has 1 aromatic rings. The van der Waals surface area contributed by atoms with Crippen LogP contribution in [0.2, 0.25) is 0 Å². The summed E-state index contributed by atoms with van der Waals surface area (Å²) in [5.41, 5.74) is 0.641. The van der Waals surface area contributed by atoms with Gasteiger partial charge in [-0.05, 0) is 17.7 Å². The highest BCUT2D eigenvalue weighted by molar-refractivity contribution is 5.76. The third-order valence-electron chi connectivity index (χ3n) is 2.20. The lowest BCUT2D eigenvalue weighted by Crippen LogP contribution is -2.28. The lowest BCUT2D eigenvalue weighted by Gasteiger charge is -2.16. The van der Waals surface area contributed by atoms with E-state index in [1.165, 1.54) is 24.1 Å². The van der Waals surface area contributed by atoms with E-state index in [0.29, 0.717) is 5.56 Å². The van der Waals surface area contributed by atoms with Gasteiger partial charge in [0.1, 0.15) is 6.61 Å². The van der Waals surface area contributed by atoms with Crippen LogP contribution in [0.15, 0.2) is 18.2 Å². The minimum atomic E-state index is -0.546. The van der Waals surface area contributed by atoms with Crippen molar-refractivity contribution in [3.8, 4) is 5.75 Å². The number of hydrogen-bond acceptors (Lipinski definition) is 3. The van der Waals surface area contributed by atoms with Crippen LogP contribution in [0, 0.1) is 5.82 Å². The van der Waals surface area contributed by atoms with Crippen LogP contribution in [0.1, 0.15) is 5.56 Å². The third kappa shape index (κ3) is 2.93. The molecule has 0 saturated carbocycles. The van der Waals surface area contributed by atoms with Crippen LogP contribution < -0.4 is 4.74 Å².